The van der Waals surface area contributed by atoms with Crippen molar-refractivity contribution >= 4 is 40.6 Å². The zero-order valence-corrected chi connectivity index (χ0v) is 12.8. The second-order valence-electron chi connectivity index (χ2n) is 4.60. The standard InChI is InChI=1S/C16H13Cl2NO2/c1-10(20)11-3-2-4-14(7-11)19-16(21)8-12-5-6-13(17)9-15(12)18/h2-7,9H,8H2,1H3,(H,19,21). The summed E-state index contributed by atoms with van der Waals surface area (Å²) in [4.78, 5) is 23.3. The highest BCUT2D eigenvalue weighted by Crippen LogP contribution is 2.22. The molecule has 0 aliphatic heterocycles. The van der Waals surface area contributed by atoms with Crippen LogP contribution in [0.2, 0.25) is 10.0 Å². The van der Waals surface area contributed by atoms with Gasteiger partial charge in [-0.05, 0) is 36.8 Å². The first-order valence-corrected chi connectivity index (χ1v) is 7.06. The molecule has 3 nitrogen and oxygen atoms in total. The van der Waals surface area contributed by atoms with Gasteiger partial charge in [0.25, 0.3) is 0 Å². The van der Waals surface area contributed by atoms with Gasteiger partial charge in [0.1, 0.15) is 0 Å². The number of amides is 1. The summed E-state index contributed by atoms with van der Waals surface area (Å²) >= 11 is 11.8. The number of halogens is 2. The van der Waals surface area contributed by atoms with Crippen LogP contribution in [-0.4, -0.2) is 11.7 Å². The summed E-state index contributed by atoms with van der Waals surface area (Å²) in [6, 6.07) is 11.8. The van der Waals surface area contributed by atoms with E-state index in [1.807, 2.05) is 0 Å². The molecule has 0 spiro atoms. The van der Waals surface area contributed by atoms with Crippen LogP contribution < -0.4 is 5.32 Å². The molecule has 0 radical (unpaired) electrons. The van der Waals surface area contributed by atoms with E-state index in [-0.39, 0.29) is 18.1 Å². The number of carbonyl (C=O) groups excluding carboxylic acids is 2. The lowest BCUT2D eigenvalue weighted by atomic mass is 10.1. The minimum Gasteiger partial charge on any atom is -0.326 e. The first-order valence-electron chi connectivity index (χ1n) is 6.30. The largest absolute Gasteiger partial charge is 0.326 e. The summed E-state index contributed by atoms with van der Waals surface area (Å²) in [5.41, 5.74) is 1.83. The molecule has 2 rings (SSSR count). The molecular weight excluding hydrogens is 309 g/mol. The topological polar surface area (TPSA) is 46.2 Å². The van der Waals surface area contributed by atoms with Crippen molar-refractivity contribution in [3.8, 4) is 0 Å². The maximum atomic E-state index is 12.0. The predicted molar refractivity (Wildman–Crippen MR) is 85.2 cm³/mol. The Hall–Kier alpha value is -1.84. The summed E-state index contributed by atoms with van der Waals surface area (Å²) in [5.74, 6) is -0.258. The van der Waals surface area contributed by atoms with E-state index in [9.17, 15) is 9.59 Å². The van der Waals surface area contributed by atoms with Gasteiger partial charge in [-0.15, -0.1) is 0 Å². The van der Waals surface area contributed by atoms with Crippen LogP contribution in [-0.2, 0) is 11.2 Å². The summed E-state index contributed by atoms with van der Waals surface area (Å²) in [5, 5.41) is 3.72. The third-order valence-corrected chi connectivity index (χ3v) is 3.51. The van der Waals surface area contributed by atoms with Crippen molar-refractivity contribution < 1.29 is 9.59 Å². The molecule has 0 atom stereocenters. The van der Waals surface area contributed by atoms with Crippen molar-refractivity contribution in [3.63, 3.8) is 0 Å². The highest BCUT2D eigenvalue weighted by Gasteiger charge is 2.09. The summed E-state index contributed by atoms with van der Waals surface area (Å²) in [6.07, 6.45) is 0.139. The number of hydrogen-bond donors (Lipinski definition) is 1. The third-order valence-electron chi connectivity index (χ3n) is 2.92. The molecule has 0 saturated heterocycles. The third kappa shape index (κ3) is 4.31. The molecule has 108 valence electrons. The van der Waals surface area contributed by atoms with Gasteiger partial charge in [-0.25, -0.2) is 0 Å². The second kappa shape index (κ2) is 6.74. The van der Waals surface area contributed by atoms with E-state index < -0.39 is 0 Å². The summed E-state index contributed by atoms with van der Waals surface area (Å²) in [7, 11) is 0. The number of Topliss-reactive ketones (excluding diaryl/α,β-unsaturated/α-hetero) is 1. The number of hydrogen-bond acceptors (Lipinski definition) is 2. The molecule has 0 aromatic heterocycles. The van der Waals surface area contributed by atoms with Gasteiger partial charge in [-0.2, -0.15) is 0 Å². The lowest BCUT2D eigenvalue weighted by molar-refractivity contribution is -0.115. The SMILES string of the molecule is CC(=O)c1cccc(NC(=O)Cc2ccc(Cl)cc2Cl)c1. The van der Waals surface area contributed by atoms with Gasteiger partial charge in [0.15, 0.2) is 5.78 Å². The van der Waals surface area contributed by atoms with E-state index in [1.165, 1.54) is 6.92 Å². The van der Waals surface area contributed by atoms with Crippen LogP contribution in [0.1, 0.15) is 22.8 Å². The van der Waals surface area contributed by atoms with Crippen molar-refractivity contribution in [2.45, 2.75) is 13.3 Å². The molecule has 1 amide bonds. The average Bonchev–Trinajstić information content (AvgIpc) is 2.42. The maximum absolute atomic E-state index is 12.0. The second-order valence-corrected chi connectivity index (χ2v) is 5.44. The van der Waals surface area contributed by atoms with Crippen molar-refractivity contribution in [2.75, 3.05) is 5.32 Å². The fourth-order valence-corrected chi connectivity index (χ4v) is 2.33. The Labute approximate surface area is 132 Å². The lowest BCUT2D eigenvalue weighted by Gasteiger charge is -2.08. The average molecular weight is 322 g/mol. The molecule has 0 aliphatic rings. The fourth-order valence-electron chi connectivity index (χ4n) is 1.86. The molecule has 0 aliphatic carbocycles. The molecule has 0 fully saturated rings. The zero-order chi connectivity index (χ0) is 15.4. The predicted octanol–water partition coefficient (Wildman–Crippen LogP) is 4.38. The van der Waals surface area contributed by atoms with E-state index in [0.717, 1.165) is 0 Å². The lowest BCUT2D eigenvalue weighted by Crippen LogP contribution is -2.14. The summed E-state index contributed by atoms with van der Waals surface area (Å²) in [6.45, 7) is 1.48. The molecule has 0 saturated carbocycles. The van der Waals surface area contributed by atoms with Crippen molar-refractivity contribution in [1.29, 1.82) is 0 Å². The van der Waals surface area contributed by atoms with Crippen LogP contribution >= 0.6 is 23.2 Å². The molecule has 2 aromatic rings. The first-order chi connectivity index (χ1) is 9.95. The number of nitrogens with one attached hydrogen (secondary N) is 1. The van der Waals surface area contributed by atoms with Gasteiger partial charge >= 0.3 is 0 Å². The van der Waals surface area contributed by atoms with Gasteiger partial charge in [-0.1, -0.05) is 41.4 Å². The molecule has 2 aromatic carbocycles. The minimum atomic E-state index is -0.208. The minimum absolute atomic E-state index is 0.0492. The highest BCUT2D eigenvalue weighted by molar-refractivity contribution is 6.35. The van der Waals surface area contributed by atoms with Crippen molar-refractivity contribution in [1.82, 2.24) is 0 Å². The van der Waals surface area contributed by atoms with Crippen molar-refractivity contribution in [2.24, 2.45) is 0 Å². The highest BCUT2D eigenvalue weighted by atomic mass is 35.5. The van der Waals surface area contributed by atoms with E-state index in [0.29, 0.717) is 26.9 Å². The quantitative estimate of drug-likeness (QED) is 0.849. The number of anilines is 1. The van der Waals surface area contributed by atoms with E-state index in [4.69, 9.17) is 23.2 Å². The van der Waals surface area contributed by atoms with Crippen LogP contribution in [0.15, 0.2) is 42.5 Å². The molecule has 0 unspecified atom stereocenters. The Morgan fingerprint density at radius 3 is 2.52 bits per heavy atom. The van der Waals surface area contributed by atoms with Crippen LogP contribution in [0, 0.1) is 0 Å². The van der Waals surface area contributed by atoms with Gasteiger partial charge in [0.05, 0.1) is 6.42 Å². The Balaban J connectivity index is 2.08. The number of rotatable bonds is 4. The van der Waals surface area contributed by atoms with Crippen LogP contribution in [0.4, 0.5) is 5.69 Å². The molecule has 21 heavy (non-hydrogen) atoms. The van der Waals surface area contributed by atoms with Gasteiger partial charge in [-0.3, -0.25) is 9.59 Å². The summed E-state index contributed by atoms with van der Waals surface area (Å²) < 4.78 is 0. The Kier molecular flexibility index (Phi) is 4.99. The fraction of sp³-hybridized carbons (Fsp3) is 0.125. The normalized spacial score (nSPS) is 10.2. The molecule has 1 N–H and O–H groups in total. The van der Waals surface area contributed by atoms with Crippen LogP contribution in [0.3, 0.4) is 0 Å². The first kappa shape index (κ1) is 15.5. The Morgan fingerprint density at radius 1 is 1.10 bits per heavy atom. The van der Waals surface area contributed by atoms with E-state index in [2.05, 4.69) is 5.32 Å². The Bertz CT molecular complexity index is 698. The van der Waals surface area contributed by atoms with E-state index >= 15 is 0 Å². The molecule has 0 bridgehead atoms. The maximum Gasteiger partial charge on any atom is 0.228 e. The molecule has 5 heteroatoms. The number of carbonyl (C=O) groups is 2. The number of ketones is 1. The van der Waals surface area contributed by atoms with Crippen LogP contribution in [0.25, 0.3) is 0 Å². The zero-order valence-electron chi connectivity index (χ0n) is 11.3. The van der Waals surface area contributed by atoms with E-state index in [1.54, 1.807) is 42.5 Å². The van der Waals surface area contributed by atoms with Gasteiger partial charge < -0.3 is 5.32 Å². The van der Waals surface area contributed by atoms with Crippen molar-refractivity contribution in [3.05, 3.63) is 63.6 Å². The monoisotopic (exact) mass is 321 g/mol. The molecular formula is C16H13Cl2NO2. The molecule has 0 heterocycles. The smallest absolute Gasteiger partial charge is 0.228 e. The van der Waals surface area contributed by atoms with Gasteiger partial charge in [0.2, 0.25) is 5.91 Å². The van der Waals surface area contributed by atoms with Crippen LogP contribution in [0.5, 0.6) is 0 Å². The van der Waals surface area contributed by atoms with Gasteiger partial charge in [0, 0.05) is 21.3 Å². The Morgan fingerprint density at radius 2 is 1.86 bits per heavy atom. The number of benzene rings is 2.